The lowest BCUT2D eigenvalue weighted by molar-refractivity contribution is 0.102. The van der Waals surface area contributed by atoms with E-state index >= 15 is 0 Å². The van der Waals surface area contributed by atoms with Gasteiger partial charge in [-0.1, -0.05) is 12.1 Å². The Hall–Kier alpha value is -2.07. The Kier molecular flexibility index (Phi) is 4.25. The van der Waals surface area contributed by atoms with Crippen LogP contribution in [0.2, 0.25) is 0 Å². The summed E-state index contributed by atoms with van der Waals surface area (Å²) in [5.74, 6) is 1.38. The standard InChI is InChI=1S/C16H20N2O2/c1-16(2,13-7-9-18-10-8-13)20-15-12(11-17)5-4-6-14(15)19-3/h4-10H,11,17H2,1-3H3. The Labute approximate surface area is 119 Å². The van der Waals surface area contributed by atoms with Crippen molar-refractivity contribution in [1.82, 2.24) is 4.98 Å². The van der Waals surface area contributed by atoms with E-state index in [2.05, 4.69) is 4.98 Å². The van der Waals surface area contributed by atoms with Crippen LogP contribution in [0.1, 0.15) is 25.0 Å². The Morgan fingerprint density at radius 3 is 2.45 bits per heavy atom. The Balaban J connectivity index is 2.38. The van der Waals surface area contributed by atoms with Gasteiger partial charge in [-0.2, -0.15) is 0 Å². The number of nitrogens with zero attached hydrogens (tertiary/aromatic N) is 1. The molecule has 0 amide bonds. The van der Waals surface area contributed by atoms with E-state index in [-0.39, 0.29) is 0 Å². The van der Waals surface area contributed by atoms with Gasteiger partial charge in [-0.25, -0.2) is 0 Å². The fourth-order valence-corrected chi connectivity index (χ4v) is 2.07. The molecule has 1 aromatic carbocycles. The molecule has 0 atom stereocenters. The summed E-state index contributed by atoms with van der Waals surface area (Å²) >= 11 is 0. The molecule has 20 heavy (non-hydrogen) atoms. The minimum absolute atomic E-state index is 0.402. The summed E-state index contributed by atoms with van der Waals surface area (Å²) in [6, 6.07) is 9.61. The highest BCUT2D eigenvalue weighted by Crippen LogP contribution is 2.36. The molecule has 0 spiro atoms. The maximum atomic E-state index is 6.20. The van der Waals surface area contributed by atoms with Crippen molar-refractivity contribution in [3.8, 4) is 11.5 Å². The molecular weight excluding hydrogens is 252 g/mol. The molecule has 2 N–H and O–H groups in total. The number of pyridine rings is 1. The summed E-state index contributed by atoms with van der Waals surface area (Å²) in [4.78, 5) is 4.03. The number of ether oxygens (including phenoxy) is 2. The Morgan fingerprint density at radius 2 is 1.85 bits per heavy atom. The minimum Gasteiger partial charge on any atom is -0.493 e. The predicted octanol–water partition coefficient (Wildman–Crippen LogP) is 2.86. The Bertz CT molecular complexity index is 546. The monoisotopic (exact) mass is 272 g/mol. The van der Waals surface area contributed by atoms with Crippen LogP contribution in [-0.4, -0.2) is 12.1 Å². The lowest BCUT2D eigenvalue weighted by atomic mass is 9.99. The average Bonchev–Trinajstić information content (AvgIpc) is 2.48. The number of hydrogen-bond donors (Lipinski definition) is 1. The summed E-state index contributed by atoms with van der Waals surface area (Å²) in [7, 11) is 1.63. The van der Waals surface area contributed by atoms with Gasteiger partial charge in [-0.05, 0) is 37.6 Å². The van der Waals surface area contributed by atoms with Crippen molar-refractivity contribution in [1.29, 1.82) is 0 Å². The molecule has 2 rings (SSSR count). The number of methoxy groups -OCH3 is 1. The van der Waals surface area contributed by atoms with Gasteiger partial charge in [0.1, 0.15) is 5.60 Å². The molecular formula is C16H20N2O2. The zero-order valence-corrected chi connectivity index (χ0v) is 12.1. The van der Waals surface area contributed by atoms with Gasteiger partial charge < -0.3 is 15.2 Å². The third-order valence-corrected chi connectivity index (χ3v) is 3.23. The molecule has 1 heterocycles. The first-order valence-electron chi connectivity index (χ1n) is 6.54. The molecule has 0 unspecified atom stereocenters. The van der Waals surface area contributed by atoms with Crippen LogP contribution in [0.15, 0.2) is 42.7 Å². The lowest BCUT2D eigenvalue weighted by Crippen LogP contribution is -2.26. The quantitative estimate of drug-likeness (QED) is 0.909. The van der Waals surface area contributed by atoms with Crippen molar-refractivity contribution < 1.29 is 9.47 Å². The van der Waals surface area contributed by atoms with E-state index in [0.29, 0.717) is 18.0 Å². The van der Waals surface area contributed by atoms with Crippen LogP contribution in [0.5, 0.6) is 11.5 Å². The lowest BCUT2D eigenvalue weighted by Gasteiger charge is -2.29. The summed E-state index contributed by atoms with van der Waals surface area (Å²) in [5.41, 5.74) is 7.25. The van der Waals surface area contributed by atoms with Crippen molar-refractivity contribution in [2.75, 3.05) is 7.11 Å². The van der Waals surface area contributed by atoms with Gasteiger partial charge in [-0.3, -0.25) is 4.98 Å². The van der Waals surface area contributed by atoms with Crippen LogP contribution in [-0.2, 0) is 12.1 Å². The van der Waals surface area contributed by atoms with E-state index in [1.54, 1.807) is 19.5 Å². The Morgan fingerprint density at radius 1 is 1.15 bits per heavy atom. The van der Waals surface area contributed by atoms with E-state index in [0.717, 1.165) is 11.1 Å². The second-order valence-electron chi connectivity index (χ2n) is 5.00. The van der Waals surface area contributed by atoms with E-state index in [4.69, 9.17) is 15.2 Å². The second kappa shape index (κ2) is 5.92. The van der Waals surface area contributed by atoms with Crippen LogP contribution < -0.4 is 15.2 Å². The van der Waals surface area contributed by atoms with Crippen LogP contribution >= 0.6 is 0 Å². The fourth-order valence-electron chi connectivity index (χ4n) is 2.07. The normalized spacial score (nSPS) is 11.2. The van der Waals surface area contributed by atoms with Gasteiger partial charge in [0, 0.05) is 24.5 Å². The maximum Gasteiger partial charge on any atom is 0.166 e. The highest BCUT2D eigenvalue weighted by Gasteiger charge is 2.25. The third-order valence-electron chi connectivity index (χ3n) is 3.23. The van der Waals surface area contributed by atoms with Crippen LogP contribution in [0.3, 0.4) is 0 Å². The summed E-state index contributed by atoms with van der Waals surface area (Å²) in [5, 5.41) is 0. The first-order valence-corrected chi connectivity index (χ1v) is 6.54. The summed E-state index contributed by atoms with van der Waals surface area (Å²) < 4.78 is 11.6. The highest BCUT2D eigenvalue weighted by molar-refractivity contribution is 5.47. The maximum absolute atomic E-state index is 6.20. The van der Waals surface area contributed by atoms with Gasteiger partial charge in [-0.15, -0.1) is 0 Å². The molecule has 2 aromatic rings. The van der Waals surface area contributed by atoms with Gasteiger partial charge >= 0.3 is 0 Å². The van der Waals surface area contributed by atoms with E-state index < -0.39 is 5.60 Å². The van der Waals surface area contributed by atoms with E-state index in [1.807, 2.05) is 44.2 Å². The molecule has 106 valence electrons. The summed E-state index contributed by atoms with van der Waals surface area (Å²) in [6.45, 7) is 4.42. The SMILES string of the molecule is COc1cccc(CN)c1OC(C)(C)c1ccncc1. The van der Waals surface area contributed by atoms with Crippen LogP contribution in [0.4, 0.5) is 0 Å². The van der Waals surface area contributed by atoms with Crippen molar-refractivity contribution in [2.24, 2.45) is 5.73 Å². The van der Waals surface area contributed by atoms with E-state index in [1.165, 1.54) is 0 Å². The van der Waals surface area contributed by atoms with Crippen LogP contribution in [0, 0.1) is 0 Å². The number of hydrogen-bond acceptors (Lipinski definition) is 4. The number of para-hydroxylation sites is 1. The molecule has 1 aromatic heterocycles. The molecule has 0 bridgehead atoms. The van der Waals surface area contributed by atoms with Crippen molar-refractivity contribution in [2.45, 2.75) is 26.0 Å². The predicted molar refractivity (Wildman–Crippen MR) is 78.8 cm³/mol. The van der Waals surface area contributed by atoms with Crippen LogP contribution in [0.25, 0.3) is 0 Å². The largest absolute Gasteiger partial charge is 0.493 e. The minimum atomic E-state index is -0.499. The molecule has 0 aliphatic carbocycles. The first-order chi connectivity index (χ1) is 9.58. The topological polar surface area (TPSA) is 57.4 Å². The van der Waals surface area contributed by atoms with Gasteiger partial charge in [0.25, 0.3) is 0 Å². The van der Waals surface area contributed by atoms with Gasteiger partial charge in [0.2, 0.25) is 0 Å². The summed E-state index contributed by atoms with van der Waals surface area (Å²) in [6.07, 6.45) is 3.51. The van der Waals surface area contributed by atoms with Crippen molar-refractivity contribution in [3.63, 3.8) is 0 Å². The molecule has 0 fully saturated rings. The number of benzene rings is 1. The smallest absolute Gasteiger partial charge is 0.166 e. The van der Waals surface area contributed by atoms with Gasteiger partial charge in [0.15, 0.2) is 11.5 Å². The fraction of sp³-hybridized carbons (Fsp3) is 0.312. The third kappa shape index (κ3) is 2.91. The van der Waals surface area contributed by atoms with E-state index in [9.17, 15) is 0 Å². The highest BCUT2D eigenvalue weighted by atomic mass is 16.5. The molecule has 0 aliphatic heterocycles. The average molecular weight is 272 g/mol. The molecule has 0 aliphatic rings. The molecule has 0 saturated heterocycles. The zero-order chi connectivity index (χ0) is 14.6. The van der Waals surface area contributed by atoms with Gasteiger partial charge in [0.05, 0.1) is 7.11 Å². The zero-order valence-electron chi connectivity index (χ0n) is 12.1. The second-order valence-corrected chi connectivity index (χ2v) is 5.00. The van der Waals surface area contributed by atoms with Crippen molar-refractivity contribution in [3.05, 3.63) is 53.9 Å². The van der Waals surface area contributed by atoms with Crippen molar-refractivity contribution >= 4 is 0 Å². The molecule has 4 heteroatoms. The number of nitrogens with two attached hydrogens (primary N) is 1. The number of rotatable bonds is 5. The first kappa shape index (κ1) is 14.3. The molecule has 0 radical (unpaired) electrons. The number of aromatic nitrogens is 1. The molecule has 4 nitrogen and oxygen atoms in total. The molecule has 0 saturated carbocycles.